The van der Waals surface area contributed by atoms with Crippen molar-refractivity contribution in [3.8, 4) is 0 Å². The van der Waals surface area contributed by atoms with E-state index in [1.165, 1.54) is 19.2 Å². The molecule has 1 aromatic carbocycles. The van der Waals surface area contributed by atoms with Crippen LogP contribution in [0.25, 0.3) is 0 Å². The van der Waals surface area contributed by atoms with Gasteiger partial charge in [0.05, 0.1) is 7.11 Å². The SMILES string of the molecule is COC(=O)c1nc(C2CC2)nc(NC(C)c2ccc(F)cc2)c1Cl. The first-order chi connectivity index (χ1) is 11.5. The number of carbonyl (C=O) groups excluding carboxylic acids is 1. The second-order valence-corrected chi connectivity index (χ2v) is 6.15. The standard InChI is InChI=1S/C17H17ClFN3O2/c1-9(10-5-7-12(19)8-6-10)20-16-13(18)14(17(23)24-2)21-15(22-16)11-3-4-11/h5-9,11H,3-4H2,1-2H3,(H,20,21,22). The van der Waals surface area contributed by atoms with Crippen molar-refractivity contribution < 1.29 is 13.9 Å². The van der Waals surface area contributed by atoms with Crippen molar-refractivity contribution in [3.63, 3.8) is 0 Å². The Balaban J connectivity index is 1.92. The van der Waals surface area contributed by atoms with E-state index in [-0.39, 0.29) is 28.5 Å². The van der Waals surface area contributed by atoms with Crippen LogP contribution in [-0.2, 0) is 4.74 Å². The number of carbonyl (C=O) groups is 1. The largest absolute Gasteiger partial charge is 0.464 e. The molecule has 0 radical (unpaired) electrons. The van der Waals surface area contributed by atoms with Gasteiger partial charge in [0, 0.05) is 12.0 Å². The van der Waals surface area contributed by atoms with E-state index in [1.807, 2.05) is 6.92 Å². The first kappa shape index (κ1) is 16.6. The Kier molecular flexibility index (Phi) is 4.66. The van der Waals surface area contributed by atoms with Crippen molar-refractivity contribution in [3.05, 3.63) is 52.2 Å². The summed E-state index contributed by atoms with van der Waals surface area (Å²) in [6, 6.07) is 5.99. The molecule has 5 nitrogen and oxygen atoms in total. The van der Waals surface area contributed by atoms with Crippen LogP contribution in [0.4, 0.5) is 10.2 Å². The number of hydrogen-bond donors (Lipinski definition) is 1. The molecule has 3 rings (SSSR count). The average Bonchev–Trinajstić information content (AvgIpc) is 3.41. The van der Waals surface area contributed by atoms with Crippen LogP contribution in [0, 0.1) is 5.82 Å². The van der Waals surface area contributed by atoms with Gasteiger partial charge < -0.3 is 10.1 Å². The summed E-state index contributed by atoms with van der Waals surface area (Å²) in [5, 5.41) is 3.30. The van der Waals surface area contributed by atoms with Crippen LogP contribution >= 0.6 is 11.6 Å². The highest BCUT2D eigenvalue weighted by atomic mass is 35.5. The number of halogens is 2. The number of nitrogens with one attached hydrogen (secondary N) is 1. The smallest absolute Gasteiger partial charge is 0.358 e. The van der Waals surface area contributed by atoms with E-state index in [2.05, 4.69) is 15.3 Å². The van der Waals surface area contributed by atoms with Crippen molar-refractivity contribution in [2.45, 2.75) is 31.7 Å². The third kappa shape index (κ3) is 3.48. The fraction of sp³-hybridized carbons (Fsp3) is 0.353. The molecule has 1 unspecified atom stereocenters. The molecule has 24 heavy (non-hydrogen) atoms. The van der Waals surface area contributed by atoms with Gasteiger partial charge in [0.15, 0.2) is 5.69 Å². The van der Waals surface area contributed by atoms with Crippen LogP contribution in [-0.4, -0.2) is 23.0 Å². The second kappa shape index (κ2) is 6.73. The molecule has 0 bridgehead atoms. The Hall–Kier alpha value is -2.21. The molecule has 1 aromatic heterocycles. The Morgan fingerprint density at radius 2 is 2.00 bits per heavy atom. The van der Waals surface area contributed by atoms with Gasteiger partial charge in [-0.05, 0) is 37.5 Å². The molecule has 7 heteroatoms. The van der Waals surface area contributed by atoms with Crippen molar-refractivity contribution in [1.82, 2.24) is 9.97 Å². The van der Waals surface area contributed by atoms with Crippen molar-refractivity contribution in [2.24, 2.45) is 0 Å². The maximum Gasteiger partial charge on any atom is 0.358 e. The highest BCUT2D eigenvalue weighted by molar-refractivity contribution is 6.35. The van der Waals surface area contributed by atoms with Gasteiger partial charge in [-0.25, -0.2) is 19.2 Å². The number of hydrogen-bond acceptors (Lipinski definition) is 5. The molecule has 0 amide bonds. The number of methoxy groups -OCH3 is 1. The van der Waals surface area contributed by atoms with Gasteiger partial charge >= 0.3 is 5.97 Å². The summed E-state index contributed by atoms with van der Waals surface area (Å²) in [5.41, 5.74) is 0.934. The van der Waals surface area contributed by atoms with Crippen LogP contribution in [0.5, 0.6) is 0 Å². The molecule has 0 saturated heterocycles. The molecule has 2 aromatic rings. The normalized spacial score (nSPS) is 15.0. The van der Waals surface area contributed by atoms with Gasteiger partial charge in [0.2, 0.25) is 0 Å². The lowest BCUT2D eigenvalue weighted by Gasteiger charge is -2.17. The van der Waals surface area contributed by atoms with Crippen LogP contribution in [0.1, 0.15) is 53.6 Å². The number of nitrogens with zero attached hydrogens (tertiary/aromatic N) is 2. The third-order valence-electron chi connectivity index (χ3n) is 3.91. The van der Waals surface area contributed by atoms with Crippen molar-refractivity contribution in [1.29, 1.82) is 0 Å². The molecule has 1 saturated carbocycles. The number of esters is 1. The molecular formula is C17H17ClFN3O2. The van der Waals surface area contributed by atoms with E-state index in [9.17, 15) is 9.18 Å². The summed E-state index contributed by atoms with van der Waals surface area (Å²) < 4.78 is 17.8. The molecule has 1 heterocycles. The number of aromatic nitrogens is 2. The van der Waals surface area contributed by atoms with Gasteiger partial charge in [-0.1, -0.05) is 23.7 Å². The van der Waals surface area contributed by atoms with E-state index in [0.717, 1.165) is 18.4 Å². The van der Waals surface area contributed by atoms with Crippen molar-refractivity contribution >= 4 is 23.4 Å². The minimum atomic E-state index is -0.596. The highest BCUT2D eigenvalue weighted by Gasteiger charge is 2.30. The lowest BCUT2D eigenvalue weighted by molar-refractivity contribution is 0.0593. The molecule has 1 N–H and O–H groups in total. The van der Waals surface area contributed by atoms with E-state index in [4.69, 9.17) is 16.3 Å². The zero-order valence-corrected chi connectivity index (χ0v) is 14.1. The number of rotatable bonds is 5. The summed E-state index contributed by atoms with van der Waals surface area (Å²) in [5.74, 6) is 0.337. The van der Waals surface area contributed by atoms with E-state index in [0.29, 0.717) is 11.6 Å². The fourth-order valence-electron chi connectivity index (χ4n) is 2.36. The molecule has 0 spiro atoms. The molecule has 0 aliphatic heterocycles. The van der Waals surface area contributed by atoms with E-state index >= 15 is 0 Å². The molecule has 1 atom stereocenters. The Morgan fingerprint density at radius 3 is 2.58 bits per heavy atom. The van der Waals surface area contributed by atoms with Gasteiger partial charge in [0.25, 0.3) is 0 Å². The highest BCUT2D eigenvalue weighted by Crippen LogP contribution is 2.40. The monoisotopic (exact) mass is 349 g/mol. The molecule has 1 fully saturated rings. The fourth-order valence-corrected chi connectivity index (χ4v) is 2.57. The van der Waals surface area contributed by atoms with Crippen LogP contribution in [0.2, 0.25) is 5.02 Å². The Bertz CT molecular complexity index is 763. The summed E-state index contributed by atoms with van der Waals surface area (Å²) in [6.07, 6.45) is 1.99. The lowest BCUT2D eigenvalue weighted by atomic mass is 10.1. The van der Waals surface area contributed by atoms with Gasteiger partial charge in [-0.15, -0.1) is 0 Å². The molecule has 1 aliphatic carbocycles. The number of ether oxygens (including phenoxy) is 1. The van der Waals surface area contributed by atoms with Gasteiger partial charge in [0.1, 0.15) is 22.5 Å². The predicted octanol–water partition coefficient (Wildman–Crippen LogP) is 4.11. The summed E-state index contributed by atoms with van der Waals surface area (Å²) >= 11 is 6.29. The number of benzene rings is 1. The van der Waals surface area contributed by atoms with Gasteiger partial charge in [-0.2, -0.15) is 0 Å². The maximum atomic E-state index is 13.1. The zero-order chi connectivity index (χ0) is 17.3. The maximum absolute atomic E-state index is 13.1. The third-order valence-corrected chi connectivity index (χ3v) is 4.27. The molecule has 1 aliphatic rings. The predicted molar refractivity (Wildman–Crippen MR) is 88.8 cm³/mol. The van der Waals surface area contributed by atoms with Crippen LogP contribution in [0.15, 0.2) is 24.3 Å². The van der Waals surface area contributed by atoms with Crippen molar-refractivity contribution in [2.75, 3.05) is 12.4 Å². The first-order valence-electron chi connectivity index (χ1n) is 7.67. The van der Waals surface area contributed by atoms with Crippen LogP contribution in [0.3, 0.4) is 0 Å². The first-order valence-corrected chi connectivity index (χ1v) is 8.05. The molecular weight excluding hydrogens is 333 g/mol. The zero-order valence-electron chi connectivity index (χ0n) is 13.3. The topological polar surface area (TPSA) is 64.1 Å². The quantitative estimate of drug-likeness (QED) is 0.823. The van der Waals surface area contributed by atoms with E-state index < -0.39 is 5.97 Å². The summed E-state index contributed by atoms with van der Waals surface area (Å²) in [7, 11) is 1.28. The van der Waals surface area contributed by atoms with Gasteiger partial charge in [-0.3, -0.25) is 0 Å². The van der Waals surface area contributed by atoms with Crippen LogP contribution < -0.4 is 5.32 Å². The average molecular weight is 350 g/mol. The minimum Gasteiger partial charge on any atom is -0.464 e. The Morgan fingerprint density at radius 1 is 1.33 bits per heavy atom. The summed E-state index contributed by atoms with van der Waals surface area (Å²) in [4.78, 5) is 20.6. The Labute approximate surface area is 144 Å². The molecule has 126 valence electrons. The summed E-state index contributed by atoms with van der Waals surface area (Å²) in [6.45, 7) is 1.90. The lowest BCUT2D eigenvalue weighted by Crippen LogP contribution is -2.14. The number of anilines is 1. The minimum absolute atomic E-state index is 0.0601. The second-order valence-electron chi connectivity index (χ2n) is 5.78. The van der Waals surface area contributed by atoms with E-state index in [1.54, 1.807) is 12.1 Å².